The predicted molar refractivity (Wildman–Crippen MR) is 99.9 cm³/mol. The molecule has 0 aliphatic rings. The lowest BCUT2D eigenvalue weighted by Gasteiger charge is -2.09. The van der Waals surface area contributed by atoms with Gasteiger partial charge in [-0.25, -0.2) is 0 Å². The fourth-order valence-corrected chi connectivity index (χ4v) is 3.34. The number of para-hydroxylation sites is 1. The molecule has 0 saturated carbocycles. The monoisotopic (exact) mass is 372 g/mol. The SMILES string of the molecule is COc1ccc(C[NH2+]CCSc2nnnn2-c2ccccc2)cc1OC. The van der Waals surface area contributed by atoms with Gasteiger partial charge < -0.3 is 14.8 Å². The van der Waals surface area contributed by atoms with Crippen molar-refractivity contribution in [3.05, 3.63) is 54.1 Å². The molecule has 0 amide bonds. The van der Waals surface area contributed by atoms with Crippen LogP contribution < -0.4 is 14.8 Å². The lowest BCUT2D eigenvalue weighted by molar-refractivity contribution is -0.666. The maximum atomic E-state index is 5.34. The molecule has 3 aromatic rings. The summed E-state index contributed by atoms with van der Waals surface area (Å²) in [4.78, 5) is 0. The van der Waals surface area contributed by atoms with Gasteiger partial charge in [0.25, 0.3) is 0 Å². The number of tetrazole rings is 1. The minimum atomic E-state index is 0.750. The van der Waals surface area contributed by atoms with Crippen molar-refractivity contribution in [1.82, 2.24) is 20.2 Å². The minimum absolute atomic E-state index is 0.750. The van der Waals surface area contributed by atoms with E-state index in [1.165, 1.54) is 5.56 Å². The van der Waals surface area contributed by atoms with E-state index in [4.69, 9.17) is 9.47 Å². The Morgan fingerprint density at radius 2 is 1.85 bits per heavy atom. The summed E-state index contributed by atoms with van der Waals surface area (Å²) in [5.74, 6) is 2.43. The standard InChI is InChI=1S/C18H21N5O2S/c1-24-16-9-8-14(12-17(16)25-2)13-19-10-11-26-18-20-21-22-23(18)15-6-4-3-5-7-15/h3-9,12,19H,10-11,13H2,1-2H3/p+1. The minimum Gasteiger partial charge on any atom is -0.493 e. The molecular formula is C18H22N5O2S+. The van der Waals surface area contributed by atoms with Gasteiger partial charge in [-0.15, -0.1) is 5.10 Å². The second-order valence-electron chi connectivity index (χ2n) is 5.53. The molecule has 2 N–H and O–H groups in total. The van der Waals surface area contributed by atoms with E-state index in [9.17, 15) is 0 Å². The number of hydrogen-bond acceptors (Lipinski definition) is 6. The van der Waals surface area contributed by atoms with Crippen molar-refractivity contribution in [1.29, 1.82) is 0 Å². The van der Waals surface area contributed by atoms with E-state index >= 15 is 0 Å². The summed E-state index contributed by atoms with van der Waals surface area (Å²) in [6.45, 7) is 1.84. The van der Waals surface area contributed by atoms with Crippen LogP contribution in [-0.2, 0) is 6.54 Å². The van der Waals surface area contributed by atoms with Crippen molar-refractivity contribution >= 4 is 11.8 Å². The van der Waals surface area contributed by atoms with Crippen LogP contribution in [0.5, 0.6) is 11.5 Å². The number of nitrogens with zero attached hydrogens (tertiary/aromatic N) is 4. The largest absolute Gasteiger partial charge is 0.493 e. The third-order valence-corrected chi connectivity index (χ3v) is 4.78. The molecule has 2 aromatic carbocycles. The average Bonchev–Trinajstić information content (AvgIpc) is 3.16. The molecule has 136 valence electrons. The number of aromatic nitrogens is 4. The quantitative estimate of drug-likeness (QED) is 0.453. The normalized spacial score (nSPS) is 10.7. The summed E-state index contributed by atoms with van der Waals surface area (Å²) in [7, 11) is 3.29. The van der Waals surface area contributed by atoms with E-state index < -0.39 is 0 Å². The van der Waals surface area contributed by atoms with Crippen LogP contribution in [0.3, 0.4) is 0 Å². The Balaban J connectivity index is 1.48. The van der Waals surface area contributed by atoms with E-state index in [-0.39, 0.29) is 0 Å². The Hall–Kier alpha value is -2.58. The number of benzene rings is 2. The topological polar surface area (TPSA) is 78.7 Å². The Kier molecular flexibility index (Phi) is 6.45. The van der Waals surface area contributed by atoms with E-state index in [0.29, 0.717) is 0 Å². The maximum absolute atomic E-state index is 5.34. The lowest BCUT2D eigenvalue weighted by atomic mass is 10.2. The number of methoxy groups -OCH3 is 2. The summed E-state index contributed by atoms with van der Waals surface area (Å²) < 4.78 is 12.4. The Morgan fingerprint density at radius 1 is 1.04 bits per heavy atom. The van der Waals surface area contributed by atoms with Gasteiger partial charge in [0.1, 0.15) is 6.54 Å². The number of rotatable bonds is 9. The second-order valence-corrected chi connectivity index (χ2v) is 6.59. The number of quaternary nitrogens is 1. The van der Waals surface area contributed by atoms with E-state index in [0.717, 1.165) is 41.2 Å². The van der Waals surface area contributed by atoms with Crippen molar-refractivity contribution in [2.75, 3.05) is 26.5 Å². The first-order valence-corrected chi connectivity index (χ1v) is 9.29. The van der Waals surface area contributed by atoms with Crippen molar-refractivity contribution in [3.63, 3.8) is 0 Å². The molecular weight excluding hydrogens is 350 g/mol. The molecule has 0 bridgehead atoms. The molecule has 0 spiro atoms. The molecule has 1 heterocycles. The zero-order valence-corrected chi connectivity index (χ0v) is 15.6. The first-order valence-electron chi connectivity index (χ1n) is 8.31. The van der Waals surface area contributed by atoms with Crippen LogP contribution in [0.2, 0.25) is 0 Å². The van der Waals surface area contributed by atoms with Gasteiger partial charge in [0.2, 0.25) is 5.16 Å². The molecule has 7 nitrogen and oxygen atoms in total. The van der Waals surface area contributed by atoms with E-state index in [2.05, 4.69) is 26.9 Å². The van der Waals surface area contributed by atoms with E-state index in [1.54, 1.807) is 30.7 Å². The first-order chi connectivity index (χ1) is 12.8. The molecule has 0 fully saturated rings. The molecule has 26 heavy (non-hydrogen) atoms. The van der Waals surface area contributed by atoms with Gasteiger partial charge in [0.05, 0.1) is 32.2 Å². The Morgan fingerprint density at radius 3 is 2.62 bits per heavy atom. The Labute approximate surface area is 156 Å². The van der Waals surface area contributed by atoms with Gasteiger partial charge in [0.15, 0.2) is 11.5 Å². The smallest absolute Gasteiger partial charge is 0.214 e. The highest BCUT2D eigenvalue weighted by Crippen LogP contribution is 2.27. The molecule has 1 aromatic heterocycles. The number of nitrogens with two attached hydrogens (primary N) is 1. The zero-order valence-electron chi connectivity index (χ0n) is 14.8. The zero-order chi connectivity index (χ0) is 18.2. The summed E-state index contributed by atoms with van der Waals surface area (Å²) in [5, 5.41) is 15.0. The third kappa shape index (κ3) is 4.53. The van der Waals surface area contributed by atoms with Gasteiger partial charge in [-0.2, -0.15) is 4.68 Å². The fraction of sp³-hybridized carbons (Fsp3) is 0.278. The second kappa shape index (κ2) is 9.21. The molecule has 8 heteroatoms. The molecule has 0 aliphatic carbocycles. The third-order valence-electron chi connectivity index (χ3n) is 3.82. The predicted octanol–water partition coefficient (Wildman–Crippen LogP) is 1.54. The van der Waals surface area contributed by atoms with Crippen molar-refractivity contribution in [2.45, 2.75) is 11.7 Å². The number of ether oxygens (including phenoxy) is 2. The number of hydrogen-bond donors (Lipinski definition) is 1. The van der Waals surface area contributed by atoms with Crippen LogP contribution in [-0.4, -0.2) is 46.7 Å². The molecule has 0 atom stereocenters. The molecule has 0 unspecified atom stereocenters. The summed E-state index contributed by atoms with van der Waals surface area (Å²) in [6.07, 6.45) is 0. The van der Waals surface area contributed by atoms with Gasteiger partial charge in [-0.3, -0.25) is 0 Å². The molecule has 0 radical (unpaired) electrons. The van der Waals surface area contributed by atoms with Crippen LogP contribution in [0, 0.1) is 0 Å². The lowest BCUT2D eigenvalue weighted by Crippen LogP contribution is -2.83. The highest BCUT2D eigenvalue weighted by atomic mass is 32.2. The summed E-state index contributed by atoms with van der Waals surface area (Å²) >= 11 is 1.65. The van der Waals surface area contributed by atoms with Crippen LogP contribution in [0.25, 0.3) is 5.69 Å². The maximum Gasteiger partial charge on any atom is 0.214 e. The highest BCUT2D eigenvalue weighted by Gasteiger charge is 2.09. The van der Waals surface area contributed by atoms with Gasteiger partial charge in [-0.05, 0) is 40.8 Å². The van der Waals surface area contributed by atoms with Crippen LogP contribution in [0.4, 0.5) is 0 Å². The van der Waals surface area contributed by atoms with Gasteiger partial charge in [0, 0.05) is 5.56 Å². The molecule has 0 aliphatic heterocycles. The molecule has 0 saturated heterocycles. The van der Waals surface area contributed by atoms with Crippen molar-refractivity contribution in [3.8, 4) is 17.2 Å². The number of thioether (sulfide) groups is 1. The first kappa shape index (κ1) is 18.2. The van der Waals surface area contributed by atoms with E-state index in [1.807, 2.05) is 42.5 Å². The Bertz CT molecular complexity index is 825. The van der Waals surface area contributed by atoms with Crippen LogP contribution in [0.15, 0.2) is 53.7 Å². The van der Waals surface area contributed by atoms with Crippen molar-refractivity contribution < 1.29 is 14.8 Å². The highest BCUT2D eigenvalue weighted by molar-refractivity contribution is 7.99. The summed E-state index contributed by atoms with van der Waals surface area (Å²) in [5.41, 5.74) is 2.16. The summed E-state index contributed by atoms with van der Waals surface area (Å²) in [6, 6.07) is 15.9. The van der Waals surface area contributed by atoms with Crippen LogP contribution in [0.1, 0.15) is 5.56 Å². The molecule has 3 rings (SSSR count). The van der Waals surface area contributed by atoms with Gasteiger partial charge in [-0.1, -0.05) is 30.0 Å². The average molecular weight is 372 g/mol. The van der Waals surface area contributed by atoms with Gasteiger partial charge >= 0.3 is 0 Å². The van der Waals surface area contributed by atoms with Crippen molar-refractivity contribution in [2.24, 2.45) is 0 Å². The fourth-order valence-electron chi connectivity index (χ4n) is 2.51. The van der Waals surface area contributed by atoms with Crippen LogP contribution >= 0.6 is 11.8 Å².